The summed E-state index contributed by atoms with van der Waals surface area (Å²) in [5.74, 6) is 0.761. The van der Waals surface area contributed by atoms with Crippen LogP contribution in [0.1, 0.15) is 27.7 Å². The minimum Gasteiger partial charge on any atom is -0.489 e. The van der Waals surface area contributed by atoms with Crippen molar-refractivity contribution < 1.29 is 4.74 Å². The van der Waals surface area contributed by atoms with Crippen LogP contribution in [0, 0.1) is 5.41 Å². The summed E-state index contributed by atoms with van der Waals surface area (Å²) in [5, 5.41) is 0.670. The van der Waals surface area contributed by atoms with Crippen LogP contribution in [0.25, 0.3) is 0 Å². The quantitative estimate of drug-likeness (QED) is 0.716. The molecule has 1 aromatic carbocycles. The zero-order valence-electron chi connectivity index (χ0n) is 9.17. The molecular formula is C12H17ClO. The zero-order chi connectivity index (χ0) is 10.8. The van der Waals surface area contributed by atoms with Gasteiger partial charge in [0.1, 0.15) is 11.9 Å². The van der Waals surface area contributed by atoms with Crippen LogP contribution >= 0.6 is 11.6 Å². The molecule has 0 aromatic heterocycles. The van der Waals surface area contributed by atoms with Gasteiger partial charge in [-0.15, -0.1) is 0 Å². The van der Waals surface area contributed by atoms with Gasteiger partial charge in [0.25, 0.3) is 0 Å². The second-order valence-electron chi connectivity index (χ2n) is 4.56. The Morgan fingerprint density at radius 2 is 1.79 bits per heavy atom. The molecule has 1 atom stereocenters. The Labute approximate surface area is 91.0 Å². The first kappa shape index (κ1) is 11.4. The molecule has 0 aliphatic carbocycles. The molecule has 0 bridgehead atoms. The fourth-order valence-corrected chi connectivity index (χ4v) is 1.09. The van der Waals surface area contributed by atoms with Gasteiger partial charge in [0, 0.05) is 0 Å². The van der Waals surface area contributed by atoms with Crippen molar-refractivity contribution in [1.29, 1.82) is 0 Å². The van der Waals surface area contributed by atoms with E-state index in [2.05, 4.69) is 27.7 Å². The maximum atomic E-state index is 5.99. The Balaban J connectivity index is 2.75. The Hall–Kier alpha value is -0.690. The van der Waals surface area contributed by atoms with Crippen LogP contribution in [-0.4, -0.2) is 6.10 Å². The van der Waals surface area contributed by atoms with Crippen molar-refractivity contribution in [3.05, 3.63) is 29.3 Å². The molecule has 0 heterocycles. The van der Waals surface area contributed by atoms with Crippen LogP contribution in [0.3, 0.4) is 0 Å². The third kappa shape index (κ3) is 2.91. The van der Waals surface area contributed by atoms with Crippen molar-refractivity contribution in [1.82, 2.24) is 0 Å². The summed E-state index contributed by atoms with van der Waals surface area (Å²) in [6.07, 6.45) is 0.141. The normalized spacial score (nSPS) is 13.8. The number of ether oxygens (including phenoxy) is 1. The third-order valence-electron chi connectivity index (χ3n) is 2.36. The number of rotatable bonds is 2. The van der Waals surface area contributed by atoms with Crippen LogP contribution in [-0.2, 0) is 0 Å². The molecule has 1 aromatic rings. The van der Waals surface area contributed by atoms with Gasteiger partial charge in [0.2, 0.25) is 0 Å². The molecule has 1 unspecified atom stereocenters. The highest BCUT2D eigenvalue weighted by molar-refractivity contribution is 6.32. The fourth-order valence-electron chi connectivity index (χ4n) is 0.908. The van der Waals surface area contributed by atoms with Crippen molar-refractivity contribution in [2.45, 2.75) is 33.8 Å². The lowest BCUT2D eigenvalue weighted by Crippen LogP contribution is -2.28. The van der Waals surface area contributed by atoms with Gasteiger partial charge >= 0.3 is 0 Å². The van der Waals surface area contributed by atoms with Crippen LogP contribution in [0.2, 0.25) is 5.02 Å². The summed E-state index contributed by atoms with van der Waals surface area (Å²) in [7, 11) is 0. The summed E-state index contributed by atoms with van der Waals surface area (Å²) in [4.78, 5) is 0. The summed E-state index contributed by atoms with van der Waals surface area (Å²) in [6.45, 7) is 8.50. The monoisotopic (exact) mass is 212 g/mol. The molecule has 0 amide bonds. The van der Waals surface area contributed by atoms with E-state index in [0.29, 0.717) is 5.02 Å². The minimum absolute atomic E-state index is 0.124. The molecule has 14 heavy (non-hydrogen) atoms. The Morgan fingerprint density at radius 3 is 2.29 bits per heavy atom. The molecule has 0 saturated carbocycles. The highest BCUT2D eigenvalue weighted by Crippen LogP contribution is 2.29. The Bertz CT molecular complexity index is 301. The largest absolute Gasteiger partial charge is 0.489 e. The molecular weight excluding hydrogens is 196 g/mol. The van der Waals surface area contributed by atoms with Gasteiger partial charge in [-0.2, -0.15) is 0 Å². The number of hydrogen-bond acceptors (Lipinski definition) is 1. The maximum Gasteiger partial charge on any atom is 0.138 e. The molecule has 78 valence electrons. The molecule has 0 N–H and O–H groups in total. The lowest BCUT2D eigenvalue weighted by Gasteiger charge is -2.28. The topological polar surface area (TPSA) is 9.23 Å². The van der Waals surface area contributed by atoms with Crippen molar-refractivity contribution in [2.75, 3.05) is 0 Å². The van der Waals surface area contributed by atoms with Crippen molar-refractivity contribution in [3.63, 3.8) is 0 Å². The number of hydrogen-bond donors (Lipinski definition) is 0. The zero-order valence-corrected chi connectivity index (χ0v) is 9.93. The molecule has 0 radical (unpaired) electrons. The number of para-hydroxylation sites is 1. The van der Waals surface area contributed by atoms with Gasteiger partial charge in [0.05, 0.1) is 5.02 Å². The van der Waals surface area contributed by atoms with Gasteiger partial charge in [-0.05, 0) is 24.5 Å². The van der Waals surface area contributed by atoms with Crippen LogP contribution in [0.5, 0.6) is 5.75 Å². The Morgan fingerprint density at radius 1 is 1.21 bits per heavy atom. The summed E-state index contributed by atoms with van der Waals surface area (Å²) >= 11 is 5.99. The van der Waals surface area contributed by atoms with Crippen molar-refractivity contribution in [3.8, 4) is 5.75 Å². The maximum absolute atomic E-state index is 5.99. The smallest absolute Gasteiger partial charge is 0.138 e. The van der Waals surface area contributed by atoms with Gasteiger partial charge < -0.3 is 4.74 Å². The lowest BCUT2D eigenvalue weighted by atomic mass is 9.90. The molecule has 1 rings (SSSR count). The summed E-state index contributed by atoms with van der Waals surface area (Å²) in [5.41, 5.74) is 0.124. The van der Waals surface area contributed by atoms with Gasteiger partial charge in [0.15, 0.2) is 0 Å². The van der Waals surface area contributed by atoms with Gasteiger partial charge in [-0.25, -0.2) is 0 Å². The van der Waals surface area contributed by atoms with E-state index in [1.54, 1.807) is 0 Å². The first-order valence-corrected chi connectivity index (χ1v) is 5.20. The van der Waals surface area contributed by atoms with E-state index < -0.39 is 0 Å². The van der Waals surface area contributed by atoms with Crippen LogP contribution < -0.4 is 4.74 Å². The van der Waals surface area contributed by atoms with Crippen molar-refractivity contribution >= 4 is 11.6 Å². The van der Waals surface area contributed by atoms with E-state index in [1.807, 2.05) is 24.3 Å². The van der Waals surface area contributed by atoms with E-state index in [9.17, 15) is 0 Å². The van der Waals surface area contributed by atoms with Gasteiger partial charge in [-0.3, -0.25) is 0 Å². The first-order valence-electron chi connectivity index (χ1n) is 4.82. The molecule has 0 aliphatic heterocycles. The van der Waals surface area contributed by atoms with Gasteiger partial charge in [-0.1, -0.05) is 44.5 Å². The van der Waals surface area contributed by atoms with E-state index in [1.165, 1.54) is 0 Å². The van der Waals surface area contributed by atoms with E-state index >= 15 is 0 Å². The van der Waals surface area contributed by atoms with Crippen LogP contribution in [0.15, 0.2) is 24.3 Å². The second-order valence-corrected chi connectivity index (χ2v) is 4.96. The lowest BCUT2D eigenvalue weighted by molar-refractivity contribution is 0.104. The molecule has 2 heteroatoms. The minimum atomic E-state index is 0.124. The molecule has 0 aliphatic rings. The number of benzene rings is 1. The fraction of sp³-hybridized carbons (Fsp3) is 0.500. The predicted octanol–water partition coefficient (Wildman–Crippen LogP) is 4.15. The highest BCUT2D eigenvalue weighted by Gasteiger charge is 2.22. The number of halogens is 1. The molecule has 0 fully saturated rings. The van der Waals surface area contributed by atoms with Crippen LogP contribution in [0.4, 0.5) is 0 Å². The molecule has 0 spiro atoms. The third-order valence-corrected chi connectivity index (χ3v) is 2.67. The summed E-state index contributed by atoms with van der Waals surface area (Å²) < 4.78 is 5.78. The average molecular weight is 213 g/mol. The summed E-state index contributed by atoms with van der Waals surface area (Å²) in [6, 6.07) is 7.56. The average Bonchev–Trinajstić information content (AvgIpc) is 2.07. The van der Waals surface area contributed by atoms with Crippen molar-refractivity contribution in [2.24, 2.45) is 5.41 Å². The molecule has 0 saturated heterocycles. The highest BCUT2D eigenvalue weighted by atomic mass is 35.5. The van der Waals surface area contributed by atoms with E-state index in [4.69, 9.17) is 16.3 Å². The van der Waals surface area contributed by atoms with E-state index in [0.717, 1.165) is 5.75 Å². The SMILES string of the molecule is CC(Oc1ccccc1Cl)C(C)(C)C. The Kier molecular flexibility index (Phi) is 3.43. The predicted molar refractivity (Wildman–Crippen MR) is 61.0 cm³/mol. The molecule has 1 nitrogen and oxygen atoms in total. The standard InChI is InChI=1S/C12H17ClO/c1-9(12(2,3)4)14-11-8-6-5-7-10(11)13/h5-9H,1-4H3. The van der Waals surface area contributed by atoms with E-state index in [-0.39, 0.29) is 11.5 Å². The first-order chi connectivity index (χ1) is 6.41. The second kappa shape index (κ2) is 4.22.